The molecule has 1 atom stereocenters. The summed E-state index contributed by atoms with van der Waals surface area (Å²) in [6.07, 6.45) is 3.43. The van der Waals surface area contributed by atoms with Crippen LogP contribution in [-0.4, -0.2) is 25.2 Å². The molecule has 3 nitrogen and oxygen atoms in total. The summed E-state index contributed by atoms with van der Waals surface area (Å²) >= 11 is 0. The highest BCUT2D eigenvalue weighted by molar-refractivity contribution is 7.91. The van der Waals surface area contributed by atoms with Gasteiger partial charge in [0.15, 0.2) is 15.6 Å². The van der Waals surface area contributed by atoms with E-state index in [1.165, 1.54) is 13.0 Å². The van der Waals surface area contributed by atoms with E-state index < -0.39 is 15.1 Å². The Labute approximate surface area is 79.8 Å². The summed E-state index contributed by atoms with van der Waals surface area (Å²) in [5.41, 5.74) is 0. The van der Waals surface area contributed by atoms with Gasteiger partial charge in [-0.2, -0.15) is 0 Å². The summed E-state index contributed by atoms with van der Waals surface area (Å²) in [5, 5.41) is -0.395. The van der Waals surface area contributed by atoms with Crippen LogP contribution in [0.15, 0.2) is 12.2 Å². The van der Waals surface area contributed by atoms with Gasteiger partial charge in [-0.15, -0.1) is 0 Å². The fourth-order valence-corrected chi connectivity index (χ4v) is 1.83. The summed E-state index contributed by atoms with van der Waals surface area (Å²) in [6, 6.07) is 0. The van der Waals surface area contributed by atoms with Gasteiger partial charge in [-0.3, -0.25) is 4.79 Å². The molecule has 0 aromatic heterocycles. The van der Waals surface area contributed by atoms with Crippen LogP contribution >= 0.6 is 0 Å². The number of sulfone groups is 1. The molecule has 0 amide bonds. The third kappa shape index (κ3) is 4.83. The van der Waals surface area contributed by atoms with Crippen molar-refractivity contribution < 1.29 is 13.2 Å². The van der Waals surface area contributed by atoms with E-state index in [1.54, 1.807) is 19.9 Å². The van der Waals surface area contributed by atoms with Crippen LogP contribution in [0.4, 0.5) is 0 Å². The van der Waals surface area contributed by atoms with Crippen LogP contribution in [-0.2, 0) is 14.6 Å². The molecule has 0 saturated heterocycles. The average molecular weight is 204 g/mol. The maximum atomic E-state index is 11.3. The second-order valence-corrected chi connectivity index (χ2v) is 5.72. The molecule has 0 rings (SSSR count). The molecule has 0 N–H and O–H groups in total. The van der Waals surface area contributed by atoms with Crippen LogP contribution in [0.1, 0.15) is 27.2 Å². The van der Waals surface area contributed by atoms with Crippen LogP contribution in [0.3, 0.4) is 0 Å². The van der Waals surface area contributed by atoms with E-state index in [4.69, 9.17) is 0 Å². The van der Waals surface area contributed by atoms with Crippen LogP contribution in [0.5, 0.6) is 0 Å². The van der Waals surface area contributed by atoms with Crippen LogP contribution in [0.2, 0.25) is 0 Å². The average Bonchev–Trinajstić information content (AvgIpc) is 2.03. The van der Waals surface area contributed by atoms with E-state index in [9.17, 15) is 13.2 Å². The van der Waals surface area contributed by atoms with Crippen molar-refractivity contribution in [3.63, 3.8) is 0 Å². The first kappa shape index (κ1) is 12.4. The molecule has 0 saturated carbocycles. The van der Waals surface area contributed by atoms with Gasteiger partial charge in [0.1, 0.15) is 0 Å². The molecule has 0 heterocycles. The number of ketones is 1. The Morgan fingerprint density at radius 3 is 2.38 bits per heavy atom. The number of carbonyl (C=O) groups is 1. The molecule has 0 aliphatic heterocycles. The van der Waals surface area contributed by atoms with Gasteiger partial charge in [0.05, 0.1) is 5.25 Å². The van der Waals surface area contributed by atoms with E-state index in [1.807, 2.05) is 0 Å². The minimum absolute atomic E-state index is 0.0545. The second kappa shape index (κ2) is 5.17. The number of hydrogen-bond donors (Lipinski definition) is 0. The summed E-state index contributed by atoms with van der Waals surface area (Å²) in [4.78, 5) is 10.5. The Morgan fingerprint density at radius 2 is 2.00 bits per heavy atom. The fourth-order valence-electron chi connectivity index (χ4n) is 0.857. The number of hydrogen-bond acceptors (Lipinski definition) is 3. The number of rotatable bonds is 5. The molecular weight excluding hydrogens is 188 g/mol. The van der Waals surface area contributed by atoms with Crippen molar-refractivity contribution in [2.24, 2.45) is 0 Å². The Morgan fingerprint density at radius 1 is 1.46 bits per heavy atom. The summed E-state index contributed by atoms with van der Waals surface area (Å²) in [7, 11) is -2.96. The predicted octanol–water partition coefficient (Wildman–Crippen LogP) is 1.34. The van der Waals surface area contributed by atoms with Crippen molar-refractivity contribution in [2.75, 3.05) is 5.75 Å². The van der Waals surface area contributed by atoms with E-state index >= 15 is 0 Å². The first-order valence-electron chi connectivity index (χ1n) is 4.28. The van der Waals surface area contributed by atoms with Gasteiger partial charge in [-0.05, 0) is 26.3 Å². The fraction of sp³-hybridized carbons (Fsp3) is 0.667. The molecule has 0 fully saturated rings. The van der Waals surface area contributed by atoms with Crippen molar-refractivity contribution in [3.05, 3.63) is 12.2 Å². The largest absolute Gasteiger partial charge is 0.295 e. The third-order valence-corrected chi connectivity index (χ3v) is 4.06. The van der Waals surface area contributed by atoms with Crippen LogP contribution in [0.25, 0.3) is 0 Å². The van der Waals surface area contributed by atoms with E-state index in [2.05, 4.69) is 0 Å². The lowest BCUT2D eigenvalue weighted by Gasteiger charge is -2.07. The van der Waals surface area contributed by atoms with Crippen molar-refractivity contribution >= 4 is 15.6 Å². The zero-order valence-corrected chi connectivity index (χ0v) is 9.10. The molecule has 0 aromatic rings. The standard InChI is InChI=1S/C9H16O3S/c1-4-13(11,12)9(3)7-5-6-8(2)10/h5-6,9H,4,7H2,1-3H3. The maximum absolute atomic E-state index is 11.3. The Bertz CT molecular complexity index is 288. The predicted molar refractivity (Wildman–Crippen MR) is 53.4 cm³/mol. The molecule has 0 spiro atoms. The quantitative estimate of drug-likeness (QED) is 0.635. The molecule has 0 radical (unpaired) electrons. The lowest BCUT2D eigenvalue weighted by molar-refractivity contribution is -0.112. The summed E-state index contributed by atoms with van der Waals surface area (Å²) in [6.45, 7) is 4.72. The van der Waals surface area contributed by atoms with Crippen molar-refractivity contribution in [3.8, 4) is 0 Å². The molecule has 0 aromatic carbocycles. The first-order valence-corrected chi connectivity index (χ1v) is 6.00. The summed E-state index contributed by atoms with van der Waals surface area (Å²) < 4.78 is 22.5. The van der Waals surface area contributed by atoms with Gasteiger partial charge in [0.2, 0.25) is 0 Å². The van der Waals surface area contributed by atoms with E-state index in [0.29, 0.717) is 6.42 Å². The Balaban J connectivity index is 4.17. The highest BCUT2D eigenvalue weighted by Gasteiger charge is 2.16. The zero-order chi connectivity index (χ0) is 10.5. The van der Waals surface area contributed by atoms with Crippen LogP contribution < -0.4 is 0 Å². The zero-order valence-electron chi connectivity index (χ0n) is 8.28. The highest BCUT2D eigenvalue weighted by Crippen LogP contribution is 2.06. The number of allylic oxidation sites excluding steroid dienone is 2. The molecule has 1 unspecified atom stereocenters. The first-order chi connectivity index (χ1) is 5.90. The van der Waals surface area contributed by atoms with Crippen LogP contribution in [0, 0.1) is 0 Å². The molecular formula is C9H16O3S. The number of carbonyl (C=O) groups excluding carboxylic acids is 1. The molecule has 0 aliphatic carbocycles. The molecule has 13 heavy (non-hydrogen) atoms. The van der Waals surface area contributed by atoms with Crippen molar-refractivity contribution in [1.29, 1.82) is 0 Å². The monoisotopic (exact) mass is 204 g/mol. The molecule has 4 heteroatoms. The molecule has 0 aliphatic rings. The SMILES string of the molecule is CCS(=O)(=O)C(C)CC=CC(C)=O. The molecule has 0 bridgehead atoms. The minimum Gasteiger partial charge on any atom is -0.295 e. The van der Waals surface area contributed by atoms with Gasteiger partial charge < -0.3 is 0 Å². The Kier molecular flexibility index (Phi) is 4.91. The van der Waals surface area contributed by atoms with E-state index in [0.717, 1.165) is 0 Å². The molecule has 76 valence electrons. The van der Waals surface area contributed by atoms with Gasteiger partial charge >= 0.3 is 0 Å². The lowest BCUT2D eigenvalue weighted by Crippen LogP contribution is -2.18. The second-order valence-electron chi connectivity index (χ2n) is 3.01. The topological polar surface area (TPSA) is 51.2 Å². The van der Waals surface area contributed by atoms with Gasteiger partial charge in [-0.25, -0.2) is 8.42 Å². The van der Waals surface area contributed by atoms with Gasteiger partial charge in [-0.1, -0.05) is 13.0 Å². The van der Waals surface area contributed by atoms with Crippen molar-refractivity contribution in [2.45, 2.75) is 32.4 Å². The van der Waals surface area contributed by atoms with Crippen molar-refractivity contribution in [1.82, 2.24) is 0 Å². The van der Waals surface area contributed by atoms with E-state index in [-0.39, 0.29) is 11.5 Å². The normalized spacial score (nSPS) is 14.7. The summed E-state index contributed by atoms with van der Waals surface area (Å²) in [5.74, 6) is 0.100. The Hall–Kier alpha value is -0.640. The lowest BCUT2D eigenvalue weighted by atomic mass is 10.3. The smallest absolute Gasteiger partial charge is 0.152 e. The highest BCUT2D eigenvalue weighted by atomic mass is 32.2. The third-order valence-electron chi connectivity index (χ3n) is 1.84. The van der Waals surface area contributed by atoms with Gasteiger partial charge in [0, 0.05) is 5.75 Å². The maximum Gasteiger partial charge on any atom is 0.152 e. The van der Waals surface area contributed by atoms with Gasteiger partial charge in [0.25, 0.3) is 0 Å². The minimum atomic E-state index is -2.96.